The highest BCUT2D eigenvalue weighted by atomic mass is 14.1. The van der Waals surface area contributed by atoms with E-state index in [2.05, 4.69) is 41.0 Å². The van der Waals surface area contributed by atoms with Crippen LogP contribution in [-0.2, 0) is 0 Å². The Morgan fingerprint density at radius 3 is 2.00 bits per heavy atom. The van der Waals surface area contributed by atoms with Gasteiger partial charge in [0.25, 0.3) is 0 Å². The molecule has 0 rings (SSSR count). The highest BCUT2D eigenvalue weighted by Crippen LogP contribution is 2.17. The van der Waals surface area contributed by atoms with Crippen molar-refractivity contribution in [1.29, 1.82) is 0 Å². The summed E-state index contributed by atoms with van der Waals surface area (Å²) < 4.78 is 0. The molecule has 0 aliphatic rings. The smallest absolute Gasteiger partial charge is 0.0357 e. The molecule has 10 heavy (non-hydrogen) atoms. The molecule has 0 nitrogen and oxygen atoms in total. The lowest BCUT2D eigenvalue weighted by Crippen LogP contribution is -2.05. The van der Waals surface area contributed by atoms with Gasteiger partial charge < -0.3 is 0 Å². The van der Waals surface area contributed by atoms with Crippen molar-refractivity contribution in [3.63, 3.8) is 0 Å². The third-order valence-electron chi connectivity index (χ3n) is 1.85. The largest absolute Gasteiger partial charge is 0.0625 e. The molecule has 0 aromatic carbocycles. The SMILES string of the molecule is [CH2]C(C[CH]C(C)C)C(C)C. The molecule has 0 heterocycles. The molecule has 0 saturated carbocycles. The maximum Gasteiger partial charge on any atom is -0.0357 e. The maximum atomic E-state index is 4.08. The molecule has 0 aromatic rings. The van der Waals surface area contributed by atoms with Crippen LogP contribution in [0.4, 0.5) is 0 Å². The van der Waals surface area contributed by atoms with Crippen LogP contribution in [0, 0.1) is 31.1 Å². The van der Waals surface area contributed by atoms with E-state index < -0.39 is 0 Å². The van der Waals surface area contributed by atoms with Crippen LogP contribution in [0.15, 0.2) is 0 Å². The molecule has 1 unspecified atom stereocenters. The summed E-state index contributed by atoms with van der Waals surface area (Å²) in [4.78, 5) is 0. The zero-order valence-corrected chi connectivity index (χ0v) is 7.72. The molecule has 0 heteroatoms. The lowest BCUT2D eigenvalue weighted by atomic mass is 9.91. The first kappa shape index (κ1) is 10.0. The predicted molar refractivity (Wildman–Crippen MR) is 47.4 cm³/mol. The lowest BCUT2D eigenvalue weighted by molar-refractivity contribution is 0.441. The summed E-state index contributed by atoms with van der Waals surface area (Å²) in [6.07, 6.45) is 3.51. The highest BCUT2D eigenvalue weighted by Gasteiger charge is 2.07. The number of rotatable bonds is 4. The van der Waals surface area contributed by atoms with Gasteiger partial charge in [-0.2, -0.15) is 0 Å². The normalized spacial score (nSPS) is 14.7. The summed E-state index contributed by atoms with van der Waals surface area (Å²) >= 11 is 0. The van der Waals surface area contributed by atoms with Crippen LogP contribution >= 0.6 is 0 Å². The third kappa shape index (κ3) is 4.84. The maximum absolute atomic E-state index is 4.08. The van der Waals surface area contributed by atoms with Gasteiger partial charge in [-0.25, -0.2) is 0 Å². The van der Waals surface area contributed by atoms with Crippen molar-refractivity contribution in [2.24, 2.45) is 17.8 Å². The van der Waals surface area contributed by atoms with E-state index in [4.69, 9.17) is 0 Å². The zero-order valence-electron chi connectivity index (χ0n) is 7.72. The molecule has 0 aromatic heterocycles. The van der Waals surface area contributed by atoms with Gasteiger partial charge in [0, 0.05) is 0 Å². The van der Waals surface area contributed by atoms with Crippen LogP contribution in [0.3, 0.4) is 0 Å². The van der Waals surface area contributed by atoms with Crippen molar-refractivity contribution in [1.82, 2.24) is 0 Å². The molecular weight excluding hydrogens is 120 g/mol. The molecule has 0 spiro atoms. The van der Waals surface area contributed by atoms with E-state index in [1.54, 1.807) is 0 Å². The minimum atomic E-state index is 0.599. The van der Waals surface area contributed by atoms with E-state index in [-0.39, 0.29) is 0 Å². The quantitative estimate of drug-likeness (QED) is 0.562. The fourth-order valence-corrected chi connectivity index (χ4v) is 0.719. The van der Waals surface area contributed by atoms with Gasteiger partial charge in [-0.3, -0.25) is 0 Å². The number of hydrogen-bond donors (Lipinski definition) is 0. The summed E-state index contributed by atoms with van der Waals surface area (Å²) in [5.41, 5.74) is 0. The first-order chi connectivity index (χ1) is 4.54. The van der Waals surface area contributed by atoms with E-state index >= 15 is 0 Å². The molecular formula is C10H20. The summed E-state index contributed by atoms with van der Waals surface area (Å²) in [6, 6.07) is 0. The van der Waals surface area contributed by atoms with E-state index in [0.717, 1.165) is 12.3 Å². The van der Waals surface area contributed by atoms with Crippen LogP contribution < -0.4 is 0 Å². The van der Waals surface area contributed by atoms with Crippen molar-refractivity contribution in [3.05, 3.63) is 13.3 Å². The van der Waals surface area contributed by atoms with Crippen molar-refractivity contribution in [2.45, 2.75) is 34.1 Å². The summed E-state index contributed by atoms with van der Waals surface area (Å²) in [6.45, 7) is 13.0. The second-order valence-electron chi connectivity index (χ2n) is 3.72. The highest BCUT2D eigenvalue weighted by molar-refractivity contribution is 4.76. The molecule has 0 amide bonds. The Kier molecular flexibility index (Phi) is 4.76. The van der Waals surface area contributed by atoms with Gasteiger partial charge in [0.2, 0.25) is 0 Å². The van der Waals surface area contributed by atoms with Crippen LogP contribution in [0.2, 0.25) is 0 Å². The van der Waals surface area contributed by atoms with Gasteiger partial charge in [-0.1, -0.05) is 27.7 Å². The van der Waals surface area contributed by atoms with Gasteiger partial charge >= 0.3 is 0 Å². The predicted octanol–water partition coefficient (Wildman–Crippen LogP) is 3.34. The van der Waals surface area contributed by atoms with Gasteiger partial charge in [0.1, 0.15) is 0 Å². The Balaban J connectivity index is 3.30. The van der Waals surface area contributed by atoms with Crippen molar-refractivity contribution >= 4 is 0 Å². The molecule has 0 aliphatic heterocycles. The van der Waals surface area contributed by atoms with Crippen molar-refractivity contribution < 1.29 is 0 Å². The molecule has 0 N–H and O–H groups in total. The molecule has 2 radical (unpaired) electrons. The van der Waals surface area contributed by atoms with Crippen LogP contribution in [0.1, 0.15) is 34.1 Å². The Labute approximate surface area is 66.0 Å². The molecule has 0 aliphatic carbocycles. The minimum absolute atomic E-state index is 0.599. The molecule has 0 saturated heterocycles. The Bertz CT molecular complexity index is 72.1. The first-order valence-electron chi connectivity index (χ1n) is 4.20. The van der Waals surface area contributed by atoms with E-state index in [9.17, 15) is 0 Å². The van der Waals surface area contributed by atoms with E-state index in [1.165, 1.54) is 0 Å². The average molecular weight is 140 g/mol. The zero-order chi connectivity index (χ0) is 8.15. The standard InChI is InChI=1S/C10H20/c1-8(2)6-7-10(5)9(3)4/h6,8-10H,5,7H2,1-4H3. The van der Waals surface area contributed by atoms with Crippen LogP contribution in [0.5, 0.6) is 0 Å². The van der Waals surface area contributed by atoms with Gasteiger partial charge in [-0.05, 0) is 37.5 Å². The lowest BCUT2D eigenvalue weighted by Gasteiger charge is -2.15. The summed E-state index contributed by atoms with van der Waals surface area (Å²) in [5, 5.41) is 0. The molecule has 60 valence electrons. The second kappa shape index (κ2) is 4.76. The van der Waals surface area contributed by atoms with Crippen LogP contribution in [-0.4, -0.2) is 0 Å². The monoisotopic (exact) mass is 140 g/mol. The molecule has 0 fully saturated rings. The van der Waals surface area contributed by atoms with Gasteiger partial charge in [-0.15, -0.1) is 0 Å². The van der Waals surface area contributed by atoms with E-state index in [1.807, 2.05) is 0 Å². The van der Waals surface area contributed by atoms with Crippen LogP contribution in [0.25, 0.3) is 0 Å². The molecule has 0 bridgehead atoms. The fraction of sp³-hybridized carbons (Fsp3) is 0.800. The fourth-order valence-electron chi connectivity index (χ4n) is 0.719. The average Bonchev–Trinajstić information content (AvgIpc) is 1.82. The summed E-state index contributed by atoms with van der Waals surface area (Å²) in [7, 11) is 0. The Morgan fingerprint density at radius 2 is 1.70 bits per heavy atom. The molecule has 1 atom stereocenters. The number of hydrogen-bond acceptors (Lipinski definition) is 0. The van der Waals surface area contributed by atoms with E-state index in [0.29, 0.717) is 11.8 Å². The first-order valence-corrected chi connectivity index (χ1v) is 4.20. The van der Waals surface area contributed by atoms with Gasteiger partial charge in [0.15, 0.2) is 0 Å². The Hall–Kier alpha value is 0. The minimum Gasteiger partial charge on any atom is -0.0625 e. The van der Waals surface area contributed by atoms with Gasteiger partial charge in [0.05, 0.1) is 0 Å². The van der Waals surface area contributed by atoms with Crippen molar-refractivity contribution in [3.8, 4) is 0 Å². The van der Waals surface area contributed by atoms with Crippen molar-refractivity contribution in [2.75, 3.05) is 0 Å². The topological polar surface area (TPSA) is 0 Å². The second-order valence-corrected chi connectivity index (χ2v) is 3.72. The Morgan fingerprint density at radius 1 is 1.20 bits per heavy atom. The summed E-state index contributed by atoms with van der Waals surface area (Å²) in [5.74, 6) is 2.03. The third-order valence-corrected chi connectivity index (χ3v) is 1.85.